The smallest absolute Gasteiger partial charge is 0.293 e. The minimum absolute atomic E-state index is 0.00685. The lowest BCUT2D eigenvalue weighted by Crippen LogP contribution is -2.43. The Hall–Kier alpha value is -3.19. The van der Waals surface area contributed by atoms with Gasteiger partial charge in [0.05, 0.1) is 11.0 Å². The summed E-state index contributed by atoms with van der Waals surface area (Å²) in [4.78, 5) is 34.4. The Morgan fingerprint density at radius 1 is 1.09 bits per heavy atom. The van der Waals surface area contributed by atoms with Crippen LogP contribution in [0.3, 0.4) is 0 Å². The third-order valence-corrected chi connectivity index (χ3v) is 6.44. The molecule has 0 atom stereocenters. The fourth-order valence-electron chi connectivity index (χ4n) is 4.50. The van der Waals surface area contributed by atoms with Crippen LogP contribution < -0.4 is 15.8 Å². The molecule has 1 N–H and O–H groups in total. The molecule has 1 amide bonds. The molecule has 1 fully saturated rings. The van der Waals surface area contributed by atoms with Crippen LogP contribution in [-0.2, 0) is 18.4 Å². The standard InChI is InChI=1S/C26H33N5O2/c1-29(19-20-9-4-3-5-10-20)16-8-15-27-25(32)21-13-17-31(18-14-21)24-26(33)30(2)23-12-7-6-11-22(23)28-24/h3-7,9-12,21H,8,13-19H2,1-2H3,(H,27,32). The van der Waals surface area contributed by atoms with Crippen molar-refractivity contribution in [3.05, 3.63) is 70.5 Å². The summed E-state index contributed by atoms with van der Waals surface area (Å²) in [6.45, 7) is 3.86. The van der Waals surface area contributed by atoms with Gasteiger partial charge in [-0.3, -0.25) is 9.59 Å². The van der Waals surface area contributed by atoms with E-state index in [9.17, 15) is 9.59 Å². The first-order valence-electron chi connectivity index (χ1n) is 11.7. The summed E-state index contributed by atoms with van der Waals surface area (Å²) in [5, 5.41) is 3.11. The minimum Gasteiger partial charge on any atom is -0.356 e. The topological polar surface area (TPSA) is 70.5 Å². The number of amides is 1. The van der Waals surface area contributed by atoms with Gasteiger partial charge in [0.1, 0.15) is 0 Å². The molecule has 3 aromatic rings. The highest BCUT2D eigenvalue weighted by Gasteiger charge is 2.27. The van der Waals surface area contributed by atoms with Gasteiger partial charge in [0, 0.05) is 39.1 Å². The molecule has 1 aliphatic heterocycles. The van der Waals surface area contributed by atoms with Gasteiger partial charge in [-0.05, 0) is 50.6 Å². The first-order chi connectivity index (χ1) is 16.0. The van der Waals surface area contributed by atoms with Crippen LogP contribution in [0.25, 0.3) is 11.0 Å². The molecule has 2 heterocycles. The van der Waals surface area contributed by atoms with Crippen molar-refractivity contribution in [1.82, 2.24) is 19.8 Å². The van der Waals surface area contributed by atoms with E-state index >= 15 is 0 Å². The van der Waals surface area contributed by atoms with Crippen molar-refractivity contribution >= 4 is 22.8 Å². The van der Waals surface area contributed by atoms with Crippen LogP contribution in [0, 0.1) is 5.92 Å². The van der Waals surface area contributed by atoms with E-state index in [0.717, 1.165) is 43.4 Å². The van der Waals surface area contributed by atoms with Crippen LogP contribution in [-0.4, -0.2) is 53.6 Å². The number of rotatable bonds is 8. The number of para-hydroxylation sites is 2. The van der Waals surface area contributed by atoms with E-state index in [1.165, 1.54) is 5.56 Å². The molecule has 0 unspecified atom stereocenters. The molecule has 1 saturated heterocycles. The maximum absolute atomic E-state index is 12.8. The molecule has 7 nitrogen and oxygen atoms in total. The maximum Gasteiger partial charge on any atom is 0.293 e. The summed E-state index contributed by atoms with van der Waals surface area (Å²) in [7, 11) is 3.89. The lowest BCUT2D eigenvalue weighted by atomic mass is 9.96. The lowest BCUT2D eigenvalue weighted by Gasteiger charge is -2.32. The van der Waals surface area contributed by atoms with E-state index in [2.05, 4.69) is 46.5 Å². The summed E-state index contributed by atoms with van der Waals surface area (Å²) in [5.41, 5.74) is 2.85. The molecule has 1 aromatic heterocycles. The number of nitrogens with one attached hydrogen (secondary N) is 1. The molecule has 0 radical (unpaired) electrons. The fourth-order valence-corrected chi connectivity index (χ4v) is 4.50. The van der Waals surface area contributed by atoms with Gasteiger partial charge in [0.15, 0.2) is 5.82 Å². The van der Waals surface area contributed by atoms with Crippen molar-refractivity contribution in [2.75, 3.05) is 38.1 Å². The number of carbonyl (C=O) groups is 1. The van der Waals surface area contributed by atoms with E-state index < -0.39 is 0 Å². The summed E-state index contributed by atoms with van der Waals surface area (Å²) >= 11 is 0. The summed E-state index contributed by atoms with van der Waals surface area (Å²) < 4.78 is 1.66. The Morgan fingerprint density at radius 3 is 2.55 bits per heavy atom. The Morgan fingerprint density at radius 2 is 1.79 bits per heavy atom. The SMILES string of the molecule is CN(CCCNC(=O)C1CCN(c2nc3ccccc3n(C)c2=O)CC1)Cc1ccccc1. The molecule has 0 bridgehead atoms. The van der Waals surface area contributed by atoms with E-state index in [-0.39, 0.29) is 17.4 Å². The molecule has 4 rings (SSSR count). The summed E-state index contributed by atoms with van der Waals surface area (Å²) in [6, 6.07) is 18.1. The zero-order valence-electron chi connectivity index (χ0n) is 19.5. The Balaban J connectivity index is 1.23. The van der Waals surface area contributed by atoms with Gasteiger partial charge in [-0.15, -0.1) is 0 Å². The van der Waals surface area contributed by atoms with Crippen LogP contribution in [0.15, 0.2) is 59.4 Å². The monoisotopic (exact) mass is 447 g/mol. The zero-order valence-corrected chi connectivity index (χ0v) is 19.5. The molecule has 174 valence electrons. The van der Waals surface area contributed by atoms with Crippen molar-refractivity contribution in [2.24, 2.45) is 13.0 Å². The molecule has 7 heteroatoms. The first-order valence-corrected chi connectivity index (χ1v) is 11.7. The van der Waals surface area contributed by atoms with Gasteiger partial charge in [-0.25, -0.2) is 4.98 Å². The predicted octanol–water partition coefficient (Wildman–Crippen LogP) is 2.79. The number of anilines is 1. The number of carbonyl (C=O) groups excluding carboxylic acids is 1. The van der Waals surface area contributed by atoms with Crippen molar-refractivity contribution in [1.29, 1.82) is 0 Å². The van der Waals surface area contributed by atoms with Crippen LogP contribution in [0.4, 0.5) is 5.82 Å². The van der Waals surface area contributed by atoms with Gasteiger partial charge in [-0.2, -0.15) is 0 Å². The van der Waals surface area contributed by atoms with Crippen molar-refractivity contribution in [3.63, 3.8) is 0 Å². The molecule has 2 aromatic carbocycles. The Bertz CT molecular complexity index is 1140. The summed E-state index contributed by atoms with van der Waals surface area (Å²) in [5.74, 6) is 0.601. The van der Waals surface area contributed by atoms with E-state index in [0.29, 0.717) is 25.5 Å². The molecule has 0 aliphatic carbocycles. The van der Waals surface area contributed by atoms with Crippen LogP contribution >= 0.6 is 0 Å². The number of hydrogen-bond acceptors (Lipinski definition) is 5. The van der Waals surface area contributed by atoms with Crippen LogP contribution in [0.2, 0.25) is 0 Å². The number of fused-ring (bicyclic) bond motifs is 1. The van der Waals surface area contributed by atoms with E-state index in [1.807, 2.05) is 35.2 Å². The van der Waals surface area contributed by atoms with E-state index in [4.69, 9.17) is 0 Å². The molecule has 33 heavy (non-hydrogen) atoms. The highest BCUT2D eigenvalue weighted by atomic mass is 16.2. The number of nitrogens with zero attached hydrogens (tertiary/aromatic N) is 4. The third-order valence-electron chi connectivity index (χ3n) is 6.44. The quantitative estimate of drug-likeness (QED) is 0.538. The Labute approximate surface area is 195 Å². The van der Waals surface area contributed by atoms with E-state index in [1.54, 1.807) is 11.6 Å². The predicted molar refractivity (Wildman–Crippen MR) is 132 cm³/mol. The molecular weight excluding hydrogens is 414 g/mol. The highest BCUT2D eigenvalue weighted by molar-refractivity contribution is 5.79. The molecular formula is C26H33N5O2. The average Bonchev–Trinajstić information content (AvgIpc) is 2.85. The maximum atomic E-state index is 12.8. The second kappa shape index (κ2) is 10.6. The van der Waals surface area contributed by atoms with Crippen molar-refractivity contribution in [3.8, 4) is 0 Å². The number of aromatic nitrogens is 2. The lowest BCUT2D eigenvalue weighted by molar-refractivity contribution is -0.125. The van der Waals surface area contributed by atoms with Crippen LogP contribution in [0.5, 0.6) is 0 Å². The normalized spacial score (nSPS) is 14.7. The third kappa shape index (κ3) is 5.60. The van der Waals surface area contributed by atoms with Gasteiger partial charge in [-0.1, -0.05) is 42.5 Å². The highest BCUT2D eigenvalue weighted by Crippen LogP contribution is 2.21. The number of hydrogen-bond donors (Lipinski definition) is 1. The second-order valence-electron chi connectivity index (χ2n) is 8.92. The first kappa shape index (κ1) is 23.0. The van der Waals surface area contributed by atoms with Gasteiger partial charge in [0.25, 0.3) is 5.56 Å². The fraction of sp³-hybridized carbons (Fsp3) is 0.423. The van der Waals surface area contributed by atoms with Crippen molar-refractivity contribution < 1.29 is 4.79 Å². The summed E-state index contributed by atoms with van der Waals surface area (Å²) in [6.07, 6.45) is 2.39. The van der Waals surface area contributed by atoms with Gasteiger partial charge >= 0.3 is 0 Å². The molecule has 0 saturated carbocycles. The van der Waals surface area contributed by atoms with Crippen LogP contribution in [0.1, 0.15) is 24.8 Å². The zero-order chi connectivity index (χ0) is 23.2. The largest absolute Gasteiger partial charge is 0.356 e. The minimum atomic E-state index is -0.0868. The van der Waals surface area contributed by atoms with Crippen molar-refractivity contribution in [2.45, 2.75) is 25.8 Å². The van der Waals surface area contributed by atoms with Gasteiger partial charge in [0.2, 0.25) is 5.91 Å². The number of benzene rings is 2. The Kier molecular flexibility index (Phi) is 7.40. The molecule has 1 aliphatic rings. The number of piperidine rings is 1. The second-order valence-corrected chi connectivity index (χ2v) is 8.92. The average molecular weight is 448 g/mol. The van der Waals surface area contributed by atoms with Gasteiger partial charge < -0.3 is 19.7 Å². The molecule has 0 spiro atoms. The number of aryl methyl sites for hydroxylation is 1.